The quantitative estimate of drug-likeness (QED) is 0.439. The van der Waals surface area contributed by atoms with Gasteiger partial charge in [-0.25, -0.2) is 0 Å². The number of ether oxygens (including phenoxy) is 1. The van der Waals surface area contributed by atoms with E-state index in [0.29, 0.717) is 13.2 Å². The van der Waals surface area contributed by atoms with Gasteiger partial charge in [0.2, 0.25) is 0 Å². The van der Waals surface area contributed by atoms with E-state index in [-0.39, 0.29) is 17.5 Å². The number of piperazine rings is 1. The molecule has 0 aliphatic carbocycles. The van der Waals surface area contributed by atoms with Gasteiger partial charge in [0.1, 0.15) is 5.75 Å². The van der Waals surface area contributed by atoms with E-state index < -0.39 is 0 Å². The van der Waals surface area contributed by atoms with Crippen molar-refractivity contribution in [3.05, 3.63) is 112 Å². The molecule has 3 aromatic carbocycles. The van der Waals surface area contributed by atoms with Crippen LogP contribution in [-0.4, -0.2) is 50.1 Å². The minimum Gasteiger partial charge on any atom is -0.493 e. The summed E-state index contributed by atoms with van der Waals surface area (Å²) in [6.07, 6.45) is 4.69. The lowest BCUT2D eigenvalue weighted by molar-refractivity contribution is -0.126. The molecule has 3 aromatic rings. The van der Waals surface area contributed by atoms with Crippen LogP contribution >= 0.6 is 0 Å². The molecule has 5 nitrogen and oxygen atoms in total. The molecular weight excluding hydrogens is 470 g/mol. The highest BCUT2D eigenvalue weighted by atomic mass is 16.5. The van der Waals surface area contributed by atoms with Crippen LogP contribution in [0.3, 0.4) is 0 Å². The second kappa shape index (κ2) is 11.5. The molecule has 0 radical (unpaired) electrons. The summed E-state index contributed by atoms with van der Waals surface area (Å²) < 4.78 is 5.99. The molecule has 2 heterocycles. The predicted molar refractivity (Wildman–Crippen MR) is 154 cm³/mol. The van der Waals surface area contributed by atoms with Crippen LogP contribution in [0.5, 0.6) is 5.75 Å². The number of fused-ring (bicyclic) bond motifs is 2. The Hall–Kier alpha value is -3.41. The number of aryl methyl sites for hydroxylation is 2. The molecule has 1 amide bonds. The molecule has 2 aliphatic rings. The van der Waals surface area contributed by atoms with Gasteiger partial charge in [0, 0.05) is 38.7 Å². The number of carbonyl (C=O) groups is 1. The molecule has 2 aliphatic heterocycles. The van der Waals surface area contributed by atoms with Crippen LogP contribution in [0.25, 0.3) is 0 Å². The van der Waals surface area contributed by atoms with Crippen molar-refractivity contribution in [3.63, 3.8) is 0 Å². The zero-order valence-electron chi connectivity index (χ0n) is 22.8. The Morgan fingerprint density at radius 2 is 1.74 bits per heavy atom. The van der Waals surface area contributed by atoms with E-state index in [0.717, 1.165) is 43.7 Å². The van der Waals surface area contributed by atoms with Crippen LogP contribution < -0.4 is 15.4 Å². The van der Waals surface area contributed by atoms with Crippen molar-refractivity contribution in [2.75, 3.05) is 33.3 Å². The van der Waals surface area contributed by atoms with Gasteiger partial charge < -0.3 is 15.0 Å². The first-order chi connectivity index (χ1) is 18.4. The fourth-order valence-electron chi connectivity index (χ4n) is 5.49. The Labute approximate surface area is 226 Å². The number of amides is 1. The number of hydrogen-bond donors (Lipinski definition) is 2. The minimum absolute atomic E-state index is 0.00946. The van der Waals surface area contributed by atoms with E-state index in [2.05, 4.69) is 79.1 Å². The first-order valence-electron chi connectivity index (χ1n) is 13.7. The molecule has 2 bridgehead atoms. The lowest BCUT2D eigenvalue weighted by Gasteiger charge is -2.47. The molecular formula is C33H39N3O2. The Morgan fingerprint density at radius 3 is 2.50 bits per heavy atom. The van der Waals surface area contributed by atoms with Gasteiger partial charge in [-0.15, -0.1) is 0 Å². The Morgan fingerprint density at radius 1 is 0.974 bits per heavy atom. The number of nitrogens with zero attached hydrogens (tertiary/aromatic N) is 1. The largest absolute Gasteiger partial charge is 0.493 e. The number of rotatable bonds is 9. The summed E-state index contributed by atoms with van der Waals surface area (Å²) in [5.41, 5.74) is 6.99. The van der Waals surface area contributed by atoms with Gasteiger partial charge in [-0.1, -0.05) is 66.7 Å². The highest BCUT2D eigenvalue weighted by Gasteiger charge is 2.42. The van der Waals surface area contributed by atoms with Gasteiger partial charge in [0.05, 0.1) is 18.2 Å². The molecule has 1 fully saturated rings. The lowest BCUT2D eigenvalue weighted by atomic mass is 9.78. The van der Waals surface area contributed by atoms with Gasteiger partial charge >= 0.3 is 0 Å². The normalized spacial score (nSPS) is 20.5. The molecule has 5 rings (SSSR count). The molecule has 38 heavy (non-hydrogen) atoms. The fraction of sp³-hybridized carbons (Fsp3) is 0.364. The predicted octanol–water partition coefficient (Wildman–Crippen LogP) is 4.71. The van der Waals surface area contributed by atoms with Crippen molar-refractivity contribution in [1.29, 1.82) is 0 Å². The smallest absolute Gasteiger partial charge is 0.250 e. The second-order valence-electron chi connectivity index (χ2n) is 10.8. The van der Waals surface area contributed by atoms with Crippen LogP contribution in [0, 0.1) is 13.8 Å². The topological polar surface area (TPSA) is 53.6 Å². The van der Waals surface area contributed by atoms with Crippen LogP contribution in [0.15, 0.2) is 84.4 Å². The summed E-state index contributed by atoms with van der Waals surface area (Å²) in [4.78, 5) is 15.2. The van der Waals surface area contributed by atoms with Crippen molar-refractivity contribution >= 4 is 5.91 Å². The van der Waals surface area contributed by atoms with E-state index in [4.69, 9.17) is 4.74 Å². The average molecular weight is 510 g/mol. The molecule has 2 unspecified atom stereocenters. The van der Waals surface area contributed by atoms with E-state index in [1.165, 1.54) is 27.8 Å². The minimum atomic E-state index is -0.191. The molecule has 2 atom stereocenters. The van der Waals surface area contributed by atoms with Crippen molar-refractivity contribution in [2.45, 2.75) is 44.7 Å². The standard InChI is InChI=1S/C33H39N3O2/c1-24-9-14-29(21-25(24)2)38-20-17-27-10-12-28(13-11-27)33-18-15-30(31(35-33)22-34-23-33)32(37)36(3)19-16-26-7-5-4-6-8-26/h4-15,21,31,34-35H,16-20,22-23H2,1-3H3. The van der Waals surface area contributed by atoms with Crippen molar-refractivity contribution in [3.8, 4) is 5.75 Å². The highest BCUT2D eigenvalue weighted by molar-refractivity contribution is 5.95. The third-order valence-electron chi connectivity index (χ3n) is 8.09. The van der Waals surface area contributed by atoms with Crippen molar-refractivity contribution in [1.82, 2.24) is 15.5 Å². The number of carbonyl (C=O) groups excluding carboxylic acids is 1. The molecule has 1 saturated heterocycles. The summed E-state index contributed by atoms with van der Waals surface area (Å²) in [5.74, 6) is 1.05. The Bertz CT molecular complexity index is 1290. The van der Waals surface area contributed by atoms with Gasteiger partial charge in [-0.2, -0.15) is 0 Å². The maximum Gasteiger partial charge on any atom is 0.250 e. The van der Waals surface area contributed by atoms with Crippen LogP contribution in [0.4, 0.5) is 0 Å². The monoisotopic (exact) mass is 509 g/mol. The van der Waals surface area contributed by atoms with Crippen molar-refractivity contribution < 1.29 is 9.53 Å². The van der Waals surface area contributed by atoms with Gasteiger partial charge in [-0.3, -0.25) is 10.1 Å². The molecule has 0 spiro atoms. The molecule has 198 valence electrons. The second-order valence-corrected chi connectivity index (χ2v) is 10.8. The summed E-state index contributed by atoms with van der Waals surface area (Å²) in [7, 11) is 1.91. The summed E-state index contributed by atoms with van der Waals surface area (Å²) in [6, 6.07) is 25.5. The Balaban J connectivity index is 1.19. The first kappa shape index (κ1) is 26.2. The summed E-state index contributed by atoms with van der Waals surface area (Å²) in [5, 5.41) is 7.42. The first-order valence-corrected chi connectivity index (χ1v) is 13.7. The number of nitrogens with one attached hydrogen (secondary N) is 2. The van der Waals surface area contributed by atoms with E-state index in [1.807, 2.05) is 36.2 Å². The summed E-state index contributed by atoms with van der Waals surface area (Å²) >= 11 is 0. The van der Waals surface area contributed by atoms with Crippen molar-refractivity contribution in [2.24, 2.45) is 0 Å². The molecule has 2 N–H and O–H groups in total. The van der Waals surface area contributed by atoms with Crippen LogP contribution in [0.2, 0.25) is 0 Å². The molecule has 5 heteroatoms. The zero-order valence-corrected chi connectivity index (χ0v) is 22.8. The fourth-order valence-corrected chi connectivity index (χ4v) is 5.49. The average Bonchev–Trinajstić information content (AvgIpc) is 2.94. The highest BCUT2D eigenvalue weighted by Crippen LogP contribution is 2.34. The van der Waals surface area contributed by atoms with E-state index in [9.17, 15) is 4.79 Å². The maximum atomic E-state index is 13.3. The van der Waals surface area contributed by atoms with Crippen LogP contribution in [0.1, 0.15) is 34.2 Å². The third kappa shape index (κ3) is 5.85. The lowest BCUT2D eigenvalue weighted by Crippen LogP contribution is -2.65. The zero-order chi connectivity index (χ0) is 26.5. The Kier molecular flexibility index (Phi) is 7.96. The third-order valence-corrected chi connectivity index (χ3v) is 8.09. The van der Waals surface area contributed by atoms with Gasteiger partial charge in [0.25, 0.3) is 5.91 Å². The maximum absolute atomic E-state index is 13.3. The molecule has 0 saturated carbocycles. The number of hydrogen-bond acceptors (Lipinski definition) is 4. The van der Waals surface area contributed by atoms with Gasteiger partial charge in [0.15, 0.2) is 0 Å². The number of likely N-dealkylation sites (N-methyl/N-ethyl adjacent to an activating group) is 1. The SMILES string of the molecule is Cc1ccc(OCCc2ccc(C34CC=C(C(=O)N(C)CCc5ccccc5)C(CNC3)N4)cc2)cc1C. The molecule has 0 aromatic heterocycles. The van der Waals surface area contributed by atoms with E-state index >= 15 is 0 Å². The number of benzene rings is 3. The summed E-state index contributed by atoms with van der Waals surface area (Å²) in [6.45, 7) is 7.20. The van der Waals surface area contributed by atoms with E-state index in [1.54, 1.807) is 0 Å². The van der Waals surface area contributed by atoms with Gasteiger partial charge in [-0.05, 0) is 66.6 Å². The van der Waals surface area contributed by atoms with Crippen LogP contribution in [-0.2, 0) is 23.2 Å².